The van der Waals surface area contributed by atoms with Crippen LogP contribution in [-0.4, -0.2) is 37.9 Å². The summed E-state index contributed by atoms with van der Waals surface area (Å²) in [7, 11) is 0. The molecule has 1 aliphatic carbocycles. The summed E-state index contributed by atoms with van der Waals surface area (Å²) in [6.45, 7) is 8.56. The van der Waals surface area contributed by atoms with E-state index in [1.54, 1.807) is 18.2 Å². The number of nitriles is 2. The summed E-state index contributed by atoms with van der Waals surface area (Å²) in [5, 5.41) is 35.4. The fourth-order valence-corrected chi connectivity index (χ4v) is 4.91. The van der Waals surface area contributed by atoms with Crippen molar-refractivity contribution in [1.29, 1.82) is 10.5 Å². The molecule has 3 aromatic heterocycles. The van der Waals surface area contributed by atoms with Crippen molar-refractivity contribution in [2.45, 2.75) is 65.0 Å². The lowest BCUT2D eigenvalue weighted by molar-refractivity contribution is 0.0593. The Hall–Kier alpha value is -4.71. The first-order chi connectivity index (χ1) is 20.0. The number of nitrogens with zero attached hydrogens (tertiary/aromatic N) is 7. The first-order valence-electron chi connectivity index (χ1n) is 13.6. The minimum Gasteiger partial charge on any atom is -0.383 e. The smallest absolute Gasteiger partial charge is 0.263 e. The Morgan fingerprint density at radius 1 is 1.12 bits per heavy atom. The normalized spacial score (nSPS) is 14.8. The third kappa shape index (κ3) is 5.45. The third-order valence-corrected chi connectivity index (χ3v) is 7.37. The molecule has 1 atom stereocenters. The molecule has 0 spiro atoms. The minimum atomic E-state index is -2.60. The first-order valence-corrected chi connectivity index (χ1v) is 13.6. The zero-order chi connectivity index (χ0) is 30.2. The lowest BCUT2D eigenvalue weighted by Crippen LogP contribution is -2.26. The molecule has 1 saturated carbocycles. The van der Waals surface area contributed by atoms with Crippen LogP contribution in [0.2, 0.25) is 0 Å². The average Bonchev–Trinajstić information content (AvgIpc) is 3.64. The van der Waals surface area contributed by atoms with Crippen molar-refractivity contribution >= 4 is 22.3 Å². The zero-order valence-electron chi connectivity index (χ0n) is 23.7. The van der Waals surface area contributed by atoms with Crippen LogP contribution in [0.3, 0.4) is 0 Å². The number of hydrogen-bond donors (Lipinski definition) is 2. The van der Waals surface area contributed by atoms with Gasteiger partial charge in [0.25, 0.3) is 6.43 Å². The van der Waals surface area contributed by atoms with E-state index in [9.17, 15) is 23.7 Å². The molecule has 0 aliphatic heterocycles. The number of aryl methyl sites for hydroxylation is 1. The molecule has 9 nitrogen and oxygen atoms in total. The van der Waals surface area contributed by atoms with Crippen molar-refractivity contribution in [2.75, 3.05) is 17.2 Å². The van der Waals surface area contributed by atoms with Gasteiger partial charge < -0.3 is 10.6 Å². The number of rotatable bonds is 9. The molecule has 12 heteroatoms. The van der Waals surface area contributed by atoms with Gasteiger partial charge in [0, 0.05) is 35.1 Å². The van der Waals surface area contributed by atoms with E-state index in [4.69, 9.17) is 0 Å². The van der Waals surface area contributed by atoms with E-state index in [2.05, 4.69) is 63.8 Å². The number of aromatic nitrogens is 5. The highest BCUT2D eigenvalue weighted by molar-refractivity contribution is 5.99. The van der Waals surface area contributed by atoms with Gasteiger partial charge in [0.2, 0.25) is 5.95 Å². The van der Waals surface area contributed by atoms with Gasteiger partial charge in [-0.1, -0.05) is 39.0 Å². The molecular formula is C30H30F3N9. The van der Waals surface area contributed by atoms with Crippen molar-refractivity contribution in [3.63, 3.8) is 0 Å². The molecule has 5 rings (SSSR count). The first kappa shape index (κ1) is 28.8. The van der Waals surface area contributed by atoms with Gasteiger partial charge >= 0.3 is 0 Å². The van der Waals surface area contributed by atoms with E-state index in [1.807, 2.05) is 6.92 Å². The molecule has 0 bridgehead atoms. The third-order valence-electron chi connectivity index (χ3n) is 7.37. The molecular weight excluding hydrogens is 543 g/mol. The predicted octanol–water partition coefficient (Wildman–Crippen LogP) is 6.08. The Balaban J connectivity index is 1.65. The average molecular weight is 574 g/mol. The molecule has 216 valence electrons. The summed E-state index contributed by atoms with van der Waals surface area (Å²) in [5.41, 5.74) is 1.94. The molecule has 3 heterocycles. The van der Waals surface area contributed by atoms with Gasteiger partial charge in [-0.15, -0.1) is 5.10 Å². The van der Waals surface area contributed by atoms with E-state index in [0.29, 0.717) is 70.6 Å². The molecule has 42 heavy (non-hydrogen) atoms. The standard InChI is InChI=1S/C30H30F3N9/c1-5-22-20(6-7-24(31)39-22)27(23-15-42(41-40-23)30(8-9-30)28(32)33)38-19-10-17(12-34)25-21(11-19)26(18(13-35)14-36-25)37-16-29(2,3)4/h6-7,10-11,14-15,27-28,38H,5,8-9,16H2,1-4H3,(H,36,37)/t27-/m0/s1. The van der Waals surface area contributed by atoms with Gasteiger partial charge in [0.15, 0.2) is 0 Å². The zero-order valence-corrected chi connectivity index (χ0v) is 23.7. The number of fused-ring (bicyclic) bond motifs is 1. The monoisotopic (exact) mass is 573 g/mol. The van der Waals surface area contributed by atoms with E-state index in [0.717, 1.165) is 0 Å². The van der Waals surface area contributed by atoms with Gasteiger partial charge in [-0.3, -0.25) is 4.98 Å². The number of hydrogen-bond acceptors (Lipinski definition) is 8. The predicted molar refractivity (Wildman–Crippen MR) is 151 cm³/mol. The molecule has 1 aromatic carbocycles. The maximum Gasteiger partial charge on any atom is 0.263 e. The van der Waals surface area contributed by atoms with Crippen LogP contribution in [0.4, 0.5) is 24.5 Å². The van der Waals surface area contributed by atoms with Crippen LogP contribution in [0.5, 0.6) is 0 Å². The van der Waals surface area contributed by atoms with E-state index >= 15 is 0 Å². The number of anilines is 2. The summed E-state index contributed by atoms with van der Waals surface area (Å²) < 4.78 is 43.0. The Morgan fingerprint density at radius 2 is 1.86 bits per heavy atom. The van der Waals surface area contributed by atoms with Gasteiger partial charge in [-0.2, -0.15) is 14.9 Å². The fraction of sp³-hybridized carbons (Fsp3) is 0.400. The van der Waals surface area contributed by atoms with Crippen LogP contribution in [0.25, 0.3) is 10.9 Å². The van der Waals surface area contributed by atoms with E-state index in [1.165, 1.54) is 23.1 Å². The molecule has 1 aliphatic rings. The van der Waals surface area contributed by atoms with Gasteiger partial charge in [0.05, 0.1) is 34.6 Å². The highest BCUT2D eigenvalue weighted by Crippen LogP contribution is 2.48. The summed E-state index contributed by atoms with van der Waals surface area (Å²) >= 11 is 0. The molecule has 4 aromatic rings. The summed E-state index contributed by atoms with van der Waals surface area (Å²) in [4.78, 5) is 8.45. The number of alkyl halides is 2. The summed E-state index contributed by atoms with van der Waals surface area (Å²) in [6, 6.07) is 9.79. The topological polar surface area (TPSA) is 128 Å². The van der Waals surface area contributed by atoms with Crippen molar-refractivity contribution in [3.8, 4) is 12.1 Å². The summed E-state index contributed by atoms with van der Waals surface area (Å²) in [5.74, 6) is -0.644. The van der Waals surface area contributed by atoms with Gasteiger partial charge in [-0.05, 0) is 42.9 Å². The van der Waals surface area contributed by atoms with Crippen LogP contribution >= 0.6 is 0 Å². The Bertz CT molecular complexity index is 1720. The van der Waals surface area contributed by atoms with Crippen molar-refractivity contribution in [3.05, 3.63) is 70.7 Å². The molecule has 2 N–H and O–H groups in total. The molecule has 1 fully saturated rings. The maximum atomic E-state index is 14.1. The minimum absolute atomic E-state index is 0.101. The lowest BCUT2D eigenvalue weighted by atomic mass is 9.96. The van der Waals surface area contributed by atoms with Gasteiger partial charge in [-0.25, -0.2) is 18.4 Å². The molecule has 0 amide bonds. The Kier molecular flexibility index (Phi) is 7.50. The lowest BCUT2D eigenvalue weighted by Gasteiger charge is -2.23. The van der Waals surface area contributed by atoms with Crippen LogP contribution < -0.4 is 10.6 Å². The number of halogens is 3. The maximum absolute atomic E-state index is 14.1. The van der Waals surface area contributed by atoms with Crippen molar-refractivity contribution < 1.29 is 13.2 Å². The highest BCUT2D eigenvalue weighted by Gasteiger charge is 2.54. The quantitative estimate of drug-likeness (QED) is 0.231. The molecule has 0 saturated heterocycles. The van der Waals surface area contributed by atoms with Crippen LogP contribution in [0, 0.1) is 34.0 Å². The SMILES string of the molecule is CCc1nc(F)ccc1[C@H](Nc1cc(C#N)c2ncc(C#N)c(NCC(C)(C)C)c2c1)c1cn(C2(C(F)F)CC2)nn1. The second-order valence-corrected chi connectivity index (χ2v) is 11.7. The fourth-order valence-electron chi connectivity index (χ4n) is 4.91. The highest BCUT2D eigenvalue weighted by atomic mass is 19.3. The largest absolute Gasteiger partial charge is 0.383 e. The molecule has 0 unspecified atom stereocenters. The second kappa shape index (κ2) is 10.9. The van der Waals surface area contributed by atoms with Crippen LogP contribution in [-0.2, 0) is 12.0 Å². The number of benzene rings is 1. The second-order valence-electron chi connectivity index (χ2n) is 11.7. The molecule has 0 radical (unpaired) electrons. The number of nitrogens with one attached hydrogen (secondary N) is 2. The van der Waals surface area contributed by atoms with E-state index < -0.39 is 24.0 Å². The van der Waals surface area contributed by atoms with E-state index in [-0.39, 0.29) is 11.0 Å². The van der Waals surface area contributed by atoms with Crippen LogP contribution in [0.1, 0.15) is 74.7 Å². The van der Waals surface area contributed by atoms with Crippen LogP contribution in [0.15, 0.2) is 36.7 Å². The van der Waals surface area contributed by atoms with Crippen molar-refractivity contribution in [1.82, 2.24) is 25.0 Å². The van der Waals surface area contributed by atoms with Gasteiger partial charge in [0.1, 0.15) is 23.4 Å². The Morgan fingerprint density at radius 3 is 2.48 bits per heavy atom. The van der Waals surface area contributed by atoms with Crippen molar-refractivity contribution in [2.24, 2.45) is 5.41 Å². The Labute approximate surface area is 241 Å². The number of pyridine rings is 2. The summed E-state index contributed by atoms with van der Waals surface area (Å²) in [6.07, 6.45) is 1.31.